The SMILES string of the molecule is Cn1nccc1C(=O)N1CCc2ncnc(N3CCSCC3)c2CC1. The van der Waals surface area contributed by atoms with Crippen LogP contribution in [0.4, 0.5) is 5.82 Å². The zero-order chi connectivity index (χ0) is 17.2. The first-order valence-electron chi connectivity index (χ1n) is 8.67. The number of carbonyl (C=O) groups is 1. The van der Waals surface area contributed by atoms with E-state index < -0.39 is 0 Å². The van der Waals surface area contributed by atoms with Crippen molar-refractivity contribution in [3.63, 3.8) is 0 Å². The second kappa shape index (κ2) is 7.03. The van der Waals surface area contributed by atoms with Crippen LogP contribution in [-0.4, -0.2) is 68.2 Å². The highest BCUT2D eigenvalue weighted by molar-refractivity contribution is 7.99. The third kappa shape index (κ3) is 3.22. The number of aryl methyl sites for hydroxylation is 1. The topological polar surface area (TPSA) is 67.2 Å². The number of rotatable bonds is 2. The number of aromatic nitrogens is 4. The highest BCUT2D eigenvalue weighted by atomic mass is 32.2. The quantitative estimate of drug-likeness (QED) is 0.798. The first-order chi connectivity index (χ1) is 12.2. The van der Waals surface area contributed by atoms with Crippen molar-refractivity contribution in [2.24, 2.45) is 7.05 Å². The van der Waals surface area contributed by atoms with E-state index in [0.717, 1.165) is 48.9 Å². The molecule has 8 heteroatoms. The van der Waals surface area contributed by atoms with Crippen molar-refractivity contribution in [2.75, 3.05) is 42.6 Å². The highest BCUT2D eigenvalue weighted by Crippen LogP contribution is 2.26. The predicted octanol–water partition coefficient (Wildman–Crippen LogP) is 1.00. The van der Waals surface area contributed by atoms with Crippen LogP contribution in [0.2, 0.25) is 0 Å². The van der Waals surface area contributed by atoms with Crippen molar-refractivity contribution in [1.29, 1.82) is 0 Å². The van der Waals surface area contributed by atoms with Crippen molar-refractivity contribution < 1.29 is 4.79 Å². The molecule has 0 bridgehead atoms. The van der Waals surface area contributed by atoms with Gasteiger partial charge in [0.25, 0.3) is 5.91 Å². The first kappa shape index (κ1) is 16.4. The van der Waals surface area contributed by atoms with Gasteiger partial charge < -0.3 is 9.80 Å². The standard InChI is InChI=1S/C17H22N6OS/c1-21-15(2-5-20-21)17(24)23-6-3-13-14(4-7-23)18-12-19-16(13)22-8-10-25-11-9-22/h2,5,12H,3-4,6-11H2,1H3. The van der Waals surface area contributed by atoms with Gasteiger partial charge in [-0.1, -0.05) is 0 Å². The van der Waals surface area contributed by atoms with Gasteiger partial charge in [-0.05, 0) is 12.5 Å². The molecule has 2 aliphatic heterocycles. The third-order valence-electron chi connectivity index (χ3n) is 4.90. The Bertz CT molecular complexity index is 770. The molecule has 1 amide bonds. The average molecular weight is 358 g/mol. The number of amides is 1. The van der Waals surface area contributed by atoms with E-state index in [2.05, 4.69) is 20.0 Å². The Morgan fingerprint density at radius 3 is 2.68 bits per heavy atom. The van der Waals surface area contributed by atoms with E-state index in [1.165, 1.54) is 5.56 Å². The van der Waals surface area contributed by atoms with E-state index in [9.17, 15) is 4.79 Å². The molecule has 2 aliphatic rings. The van der Waals surface area contributed by atoms with E-state index in [1.807, 2.05) is 16.7 Å². The van der Waals surface area contributed by atoms with Crippen molar-refractivity contribution in [2.45, 2.75) is 12.8 Å². The number of fused-ring (bicyclic) bond motifs is 1. The lowest BCUT2D eigenvalue weighted by molar-refractivity contribution is 0.0752. The Labute approximate surface area is 151 Å². The van der Waals surface area contributed by atoms with Crippen molar-refractivity contribution >= 4 is 23.5 Å². The number of hydrogen-bond donors (Lipinski definition) is 0. The summed E-state index contributed by atoms with van der Waals surface area (Å²) >= 11 is 1.99. The summed E-state index contributed by atoms with van der Waals surface area (Å²) in [5, 5.41) is 4.11. The fraction of sp³-hybridized carbons (Fsp3) is 0.529. The summed E-state index contributed by atoms with van der Waals surface area (Å²) in [4.78, 5) is 26.2. The van der Waals surface area contributed by atoms with E-state index in [4.69, 9.17) is 0 Å². The number of hydrogen-bond acceptors (Lipinski definition) is 6. The highest BCUT2D eigenvalue weighted by Gasteiger charge is 2.26. The minimum Gasteiger partial charge on any atom is -0.355 e. The number of anilines is 1. The number of nitrogens with zero attached hydrogens (tertiary/aromatic N) is 6. The maximum atomic E-state index is 12.8. The van der Waals surface area contributed by atoms with Crippen LogP contribution in [0.5, 0.6) is 0 Å². The molecule has 0 aliphatic carbocycles. The molecule has 0 unspecified atom stereocenters. The van der Waals surface area contributed by atoms with Crippen LogP contribution < -0.4 is 4.90 Å². The molecular formula is C17H22N6OS. The molecule has 2 aromatic heterocycles. The molecule has 4 heterocycles. The number of thioether (sulfide) groups is 1. The maximum absolute atomic E-state index is 12.8. The Kier molecular flexibility index (Phi) is 4.61. The summed E-state index contributed by atoms with van der Waals surface area (Å²) in [5.41, 5.74) is 2.93. The van der Waals surface area contributed by atoms with Crippen LogP contribution in [0.1, 0.15) is 21.7 Å². The Hall–Kier alpha value is -2.09. The smallest absolute Gasteiger partial charge is 0.272 e. The van der Waals surface area contributed by atoms with Gasteiger partial charge >= 0.3 is 0 Å². The first-order valence-corrected chi connectivity index (χ1v) is 9.82. The zero-order valence-corrected chi connectivity index (χ0v) is 15.2. The fourth-order valence-corrected chi connectivity index (χ4v) is 4.41. The second-order valence-corrected chi connectivity index (χ2v) is 7.58. The molecule has 0 atom stereocenters. The van der Waals surface area contributed by atoms with Gasteiger partial charge in [0, 0.05) is 62.9 Å². The van der Waals surface area contributed by atoms with Gasteiger partial charge in [0.15, 0.2) is 0 Å². The van der Waals surface area contributed by atoms with Gasteiger partial charge in [0.2, 0.25) is 0 Å². The van der Waals surface area contributed by atoms with Gasteiger partial charge in [0.1, 0.15) is 17.8 Å². The number of carbonyl (C=O) groups excluding carboxylic acids is 1. The molecule has 0 aromatic carbocycles. The fourth-order valence-electron chi connectivity index (χ4n) is 3.51. The van der Waals surface area contributed by atoms with Crippen LogP contribution >= 0.6 is 11.8 Å². The second-order valence-electron chi connectivity index (χ2n) is 6.35. The van der Waals surface area contributed by atoms with Crippen LogP contribution in [0.15, 0.2) is 18.6 Å². The van der Waals surface area contributed by atoms with E-state index in [1.54, 1.807) is 30.3 Å². The molecule has 0 spiro atoms. The van der Waals surface area contributed by atoms with E-state index >= 15 is 0 Å². The summed E-state index contributed by atoms with van der Waals surface area (Å²) in [5.74, 6) is 3.39. The van der Waals surface area contributed by atoms with Gasteiger partial charge in [-0.2, -0.15) is 16.9 Å². The zero-order valence-electron chi connectivity index (χ0n) is 14.4. The lowest BCUT2D eigenvalue weighted by Crippen LogP contribution is -2.35. The average Bonchev–Trinajstić information content (AvgIpc) is 2.96. The summed E-state index contributed by atoms with van der Waals surface area (Å²) in [6.07, 6.45) is 4.92. The molecule has 0 N–H and O–H groups in total. The molecule has 0 saturated carbocycles. The van der Waals surface area contributed by atoms with E-state index in [-0.39, 0.29) is 5.91 Å². The van der Waals surface area contributed by atoms with Crippen molar-refractivity contribution in [3.8, 4) is 0 Å². The van der Waals surface area contributed by atoms with Crippen LogP contribution in [0.25, 0.3) is 0 Å². The summed E-state index contributed by atoms with van der Waals surface area (Å²) < 4.78 is 1.64. The largest absolute Gasteiger partial charge is 0.355 e. The van der Waals surface area contributed by atoms with Crippen molar-refractivity contribution in [1.82, 2.24) is 24.6 Å². The molecular weight excluding hydrogens is 336 g/mol. The van der Waals surface area contributed by atoms with Gasteiger partial charge in [-0.15, -0.1) is 0 Å². The summed E-state index contributed by atoms with van der Waals surface area (Å²) in [6, 6.07) is 1.77. The minimum absolute atomic E-state index is 0.0386. The molecule has 0 radical (unpaired) electrons. The lowest BCUT2D eigenvalue weighted by atomic mass is 10.1. The molecule has 2 aromatic rings. The molecule has 1 fully saturated rings. The summed E-state index contributed by atoms with van der Waals surface area (Å²) in [7, 11) is 1.80. The van der Waals surface area contributed by atoms with Gasteiger partial charge in [-0.3, -0.25) is 9.48 Å². The molecule has 25 heavy (non-hydrogen) atoms. The summed E-state index contributed by atoms with van der Waals surface area (Å²) in [6.45, 7) is 3.45. The monoisotopic (exact) mass is 358 g/mol. The Morgan fingerprint density at radius 1 is 1.12 bits per heavy atom. The Morgan fingerprint density at radius 2 is 1.92 bits per heavy atom. The van der Waals surface area contributed by atoms with Gasteiger partial charge in [0.05, 0.1) is 5.69 Å². The molecule has 1 saturated heterocycles. The third-order valence-corrected chi connectivity index (χ3v) is 5.84. The normalized spacial score (nSPS) is 18.0. The van der Waals surface area contributed by atoms with E-state index in [0.29, 0.717) is 18.8 Å². The Balaban J connectivity index is 1.55. The molecule has 7 nitrogen and oxygen atoms in total. The molecule has 4 rings (SSSR count). The van der Waals surface area contributed by atoms with Crippen LogP contribution in [0, 0.1) is 0 Å². The maximum Gasteiger partial charge on any atom is 0.272 e. The van der Waals surface area contributed by atoms with Crippen LogP contribution in [0.3, 0.4) is 0 Å². The van der Waals surface area contributed by atoms with Crippen molar-refractivity contribution in [3.05, 3.63) is 35.5 Å². The lowest BCUT2D eigenvalue weighted by Gasteiger charge is -2.29. The predicted molar refractivity (Wildman–Crippen MR) is 98.1 cm³/mol. The van der Waals surface area contributed by atoms with Crippen LogP contribution in [-0.2, 0) is 19.9 Å². The minimum atomic E-state index is 0.0386. The molecule has 132 valence electrons. The van der Waals surface area contributed by atoms with Gasteiger partial charge in [-0.25, -0.2) is 9.97 Å².